The van der Waals surface area contributed by atoms with Crippen LogP contribution in [0.4, 0.5) is 0 Å². The smallest absolute Gasteiger partial charge is 0.220 e. The largest absolute Gasteiger partial charge is 0.394 e. The first-order valence-corrected chi connectivity index (χ1v) is 46.5. The van der Waals surface area contributed by atoms with Gasteiger partial charge in [0.15, 0.2) is 18.9 Å². The van der Waals surface area contributed by atoms with Crippen LogP contribution in [0.25, 0.3) is 0 Å². The van der Waals surface area contributed by atoms with Crippen LogP contribution in [0, 0.1) is 0 Å². The van der Waals surface area contributed by atoms with Gasteiger partial charge in [-0.1, -0.05) is 376 Å². The lowest BCUT2D eigenvalue weighted by molar-refractivity contribution is -0.379. The predicted molar refractivity (Wildman–Crippen MR) is 452 cm³/mol. The van der Waals surface area contributed by atoms with Crippen LogP contribution in [-0.2, 0) is 33.2 Å². The Morgan fingerprint density at radius 2 is 0.598 bits per heavy atom. The Morgan fingerprint density at radius 1 is 0.321 bits per heavy atom. The molecule has 1 amide bonds. The average molecular weight is 1590 g/mol. The quantitative estimate of drug-likeness (QED) is 0.0199. The molecule has 17 unspecified atom stereocenters. The number of nitrogens with one attached hydrogen (secondary N) is 1. The summed E-state index contributed by atoms with van der Waals surface area (Å²) in [7, 11) is 0. The Balaban J connectivity index is 1.32. The summed E-state index contributed by atoms with van der Waals surface area (Å²) in [5.74, 6) is -0.278. The van der Waals surface area contributed by atoms with Crippen molar-refractivity contribution in [1.82, 2.24) is 5.32 Å². The molecule has 0 aromatic rings. The molecule has 19 nitrogen and oxygen atoms in total. The highest BCUT2D eigenvalue weighted by Crippen LogP contribution is 2.34. The number of carbonyl (C=O) groups is 1. The van der Waals surface area contributed by atoms with Crippen molar-refractivity contribution in [3.8, 4) is 0 Å². The molecule has 0 radical (unpaired) electrons. The van der Waals surface area contributed by atoms with Crippen LogP contribution in [0.3, 0.4) is 0 Å². The summed E-state index contributed by atoms with van der Waals surface area (Å²) in [6.07, 6.45) is 69.6. The minimum Gasteiger partial charge on any atom is -0.394 e. The minimum atomic E-state index is -1.98. The highest BCUT2D eigenvalue weighted by atomic mass is 16.8. The Kier molecular flexibility index (Phi) is 67.1. The molecule has 656 valence electrons. The summed E-state index contributed by atoms with van der Waals surface area (Å²) in [4.78, 5) is 13.5. The van der Waals surface area contributed by atoms with Crippen molar-refractivity contribution in [1.29, 1.82) is 0 Å². The molecule has 3 heterocycles. The fourth-order valence-electron chi connectivity index (χ4n) is 15.6. The lowest BCUT2D eigenvalue weighted by atomic mass is 9.96. The molecule has 0 bridgehead atoms. The van der Waals surface area contributed by atoms with E-state index in [1.165, 1.54) is 308 Å². The lowest BCUT2D eigenvalue weighted by Crippen LogP contribution is -2.66. The van der Waals surface area contributed by atoms with E-state index in [9.17, 15) is 61.0 Å². The number of hydrogen-bond acceptors (Lipinski definition) is 18. The molecule has 17 atom stereocenters. The molecule has 3 fully saturated rings. The van der Waals surface area contributed by atoms with Crippen molar-refractivity contribution in [2.24, 2.45) is 0 Å². The third-order valence-electron chi connectivity index (χ3n) is 23.0. The maximum absolute atomic E-state index is 13.5. The summed E-state index contributed by atoms with van der Waals surface area (Å²) in [5, 5.41) is 121. The number of allylic oxidation sites excluding steroid dienone is 9. The van der Waals surface area contributed by atoms with E-state index in [0.717, 1.165) is 51.4 Å². The monoisotopic (exact) mass is 1590 g/mol. The Labute approximate surface area is 681 Å². The van der Waals surface area contributed by atoms with E-state index in [1.54, 1.807) is 6.08 Å². The molecule has 0 aromatic heterocycles. The first-order chi connectivity index (χ1) is 54.8. The predicted octanol–water partition coefficient (Wildman–Crippen LogP) is 18.1. The van der Waals surface area contributed by atoms with Gasteiger partial charge >= 0.3 is 0 Å². The Hall–Kier alpha value is -2.51. The van der Waals surface area contributed by atoms with Gasteiger partial charge in [-0.2, -0.15) is 0 Å². The zero-order valence-corrected chi connectivity index (χ0v) is 70.9. The fraction of sp³-hybridized carbons (Fsp3) is 0.882. The van der Waals surface area contributed by atoms with Crippen LogP contribution in [0.2, 0.25) is 0 Å². The highest BCUT2D eigenvalue weighted by molar-refractivity contribution is 5.76. The number of rotatable bonds is 76. The Morgan fingerprint density at radius 3 is 0.955 bits per heavy atom. The van der Waals surface area contributed by atoms with Gasteiger partial charge in [0.2, 0.25) is 5.91 Å². The van der Waals surface area contributed by atoms with Gasteiger partial charge in [0.05, 0.1) is 38.6 Å². The van der Waals surface area contributed by atoms with E-state index in [-0.39, 0.29) is 18.9 Å². The van der Waals surface area contributed by atoms with Gasteiger partial charge in [0.25, 0.3) is 0 Å². The summed E-state index contributed by atoms with van der Waals surface area (Å²) in [6, 6.07) is -0.993. The summed E-state index contributed by atoms with van der Waals surface area (Å²) in [6.45, 7) is 1.77. The van der Waals surface area contributed by atoms with E-state index in [0.29, 0.717) is 12.8 Å². The molecular formula is C93H171NO18. The molecule has 0 aliphatic carbocycles. The molecule has 0 saturated carbocycles. The van der Waals surface area contributed by atoms with E-state index >= 15 is 0 Å². The molecule has 112 heavy (non-hydrogen) atoms. The van der Waals surface area contributed by atoms with Crippen LogP contribution in [0.15, 0.2) is 60.8 Å². The molecule has 12 N–H and O–H groups in total. The molecule has 19 heteroatoms. The van der Waals surface area contributed by atoms with Gasteiger partial charge in [-0.05, 0) is 70.6 Å². The second kappa shape index (κ2) is 72.5. The number of aliphatic hydroxyl groups excluding tert-OH is 11. The Bertz CT molecular complexity index is 2250. The topological polar surface area (TPSA) is 307 Å². The van der Waals surface area contributed by atoms with Gasteiger partial charge < -0.3 is 89.9 Å². The molecule has 3 aliphatic rings. The van der Waals surface area contributed by atoms with Crippen molar-refractivity contribution in [3.05, 3.63) is 60.8 Å². The van der Waals surface area contributed by atoms with Crippen molar-refractivity contribution in [3.63, 3.8) is 0 Å². The van der Waals surface area contributed by atoms with Crippen LogP contribution in [0.1, 0.15) is 393 Å². The van der Waals surface area contributed by atoms with Crippen LogP contribution in [-0.4, -0.2) is 193 Å². The SMILES string of the molecule is CCCCCCC/C=C\C/C=C\C/C=C\CCCCCCCCCCCCCCCCCCCCCCCCC(=O)NC(COC1OC(CO)C(OC2OC(CO)C(OC3OC(CO)C(O)C(O)C3O)C(O)C2O)C(O)C1O)C(O)/C=C/CC/C=C/CCCCCCCCCCCCCCCCCCCCCCCCCC. The zero-order chi connectivity index (χ0) is 81.0. The second-order valence-electron chi connectivity index (χ2n) is 33.1. The van der Waals surface area contributed by atoms with Crippen molar-refractivity contribution in [2.75, 3.05) is 26.4 Å². The average Bonchev–Trinajstić information content (AvgIpc) is 0.781. The van der Waals surface area contributed by atoms with Gasteiger partial charge in [-0.3, -0.25) is 4.79 Å². The van der Waals surface area contributed by atoms with Gasteiger partial charge in [-0.25, -0.2) is 0 Å². The molecule has 0 spiro atoms. The van der Waals surface area contributed by atoms with Gasteiger partial charge in [-0.15, -0.1) is 0 Å². The normalized spacial score (nSPS) is 25.2. The number of amides is 1. The second-order valence-corrected chi connectivity index (χ2v) is 33.1. The number of ether oxygens (including phenoxy) is 6. The number of carbonyl (C=O) groups excluding carboxylic acids is 1. The molecule has 0 aromatic carbocycles. The molecule has 3 saturated heterocycles. The molecular weight excluding hydrogens is 1420 g/mol. The standard InChI is InChI=1S/C93H171NO18/c1-3-5-7-9-11-13-15-17-19-21-23-25-27-29-31-33-35-36-37-38-39-40-41-43-45-47-49-51-53-55-57-59-61-63-65-67-69-71-81(99)94-76(77(98)70-68-66-64-62-60-58-56-54-52-50-48-46-44-42-34-32-30-28-26-24-22-20-18-16-14-12-10-8-6-4-2)75-107-91-87(105)84(102)89(79(73-96)109-91)112-93-88(106)85(103)90(80(74-97)110-93)111-92-86(104)83(101)82(100)78(72-95)108-92/h15,17,21,23,27,29,60,62,68,70,76-80,82-93,95-98,100-106H,3-14,16,18-20,22,24-26,28,30-59,61,63-67,69,71-75H2,1-2H3,(H,94,99)/b17-15-,23-21-,29-27-,62-60+,70-68+. The molecule has 3 rings (SSSR count). The third-order valence-corrected chi connectivity index (χ3v) is 23.0. The van der Waals surface area contributed by atoms with E-state index in [2.05, 4.69) is 67.8 Å². The number of aliphatic hydroxyl groups is 11. The van der Waals surface area contributed by atoms with Crippen LogP contribution >= 0.6 is 0 Å². The minimum absolute atomic E-state index is 0.238. The third kappa shape index (κ3) is 50.4. The maximum Gasteiger partial charge on any atom is 0.220 e. The fourth-order valence-corrected chi connectivity index (χ4v) is 15.6. The van der Waals surface area contributed by atoms with Crippen molar-refractivity contribution < 1.29 is 89.4 Å². The van der Waals surface area contributed by atoms with E-state index < -0.39 is 124 Å². The summed E-state index contributed by atoms with van der Waals surface area (Å²) < 4.78 is 34.5. The zero-order valence-electron chi connectivity index (χ0n) is 70.9. The van der Waals surface area contributed by atoms with E-state index in [1.807, 2.05) is 6.08 Å². The summed E-state index contributed by atoms with van der Waals surface area (Å²) in [5.41, 5.74) is 0. The first-order valence-electron chi connectivity index (χ1n) is 46.5. The van der Waals surface area contributed by atoms with Crippen molar-refractivity contribution in [2.45, 2.75) is 497 Å². The maximum atomic E-state index is 13.5. The lowest BCUT2D eigenvalue weighted by Gasteiger charge is -2.48. The molecule has 3 aliphatic heterocycles. The van der Waals surface area contributed by atoms with Crippen molar-refractivity contribution >= 4 is 5.91 Å². The van der Waals surface area contributed by atoms with E-state index in [4.69, 9.17) is 28.4 Å². The van der Waals surface area contributed by atoms with Gasteiger partial charge in [0.1, 0.15) is 73.2 Å². The van der Waals surface area contributed by atoms with Gasteiger partial charge in [0, 0.05) is 6.42 Å². The summed E-state index contributed by atoms with van der Waals surface area (Å²) >= 11 is 0. The highest BCUT2D eigenvalue weighted by Gasteiger charge is 2.54. The first kappa shape index (κ1) is 104. The number of hydrogen-bond donors (Lipinski definition) is 12. The van der Waals surface area contributed by atoms with Crippen LogP contribution < -0.4 is 5.32 Å². The van der Waals surface area contributed by atoms with Crippen LogP contribution in [0.5, 0.6) is 0 Å². The number of unbranched alkanes of at least 4 members (excludes halogenated alkanes) is 52.